The van der Waals surface area contributed by atoms with Gasteiger partial charge in [-0.2, -0.15) is 0 Å². The second-order valence-electron chi connectivity index (χ2n) is 5.93. The maximum Gasteiger partial charge on any atom is 0.319 e. The van der Waals surface area contributed by atoms with Gasteiger partial charge < -0.3 is 21.3 Å². The number of carbonyl (C=O) groups is 3. The maximum atomic E-state index is 13.3. The van der Waals surface area contributed by atoms with Crippen molar-refractivity contribution in [1.82, 2.24) is 5.32 Å². The molecule has 2 aromatic rings. The Hall–Kier alpha value is -3.42. The Kier molecular flexibility index (Phi) is 4.83. The van der Waals surface area contributed by atoms with Gasteiger partial charge in [-0.05, 0) is 42.5 Å². The van der Waals surface area contributed by atoms with Crippen molar-refractivity contribution in [3.05, 3.63) is 59.9 Å². The Morgan fingerprint density at radius 2 is 1.88 bits per heavy atom. The lowest BCUT2D eigenvalue weighted by molar-refractivity contribution is -0.117. The van der Waals surface area contributed by atoms with Crippen LogP contribution in [0.4, 0.5) is 20.6 Å². The van der Waals surface area contributed by atoms with Crippen molar-refractivity contribution in [1.29, 1.82) is 0 Å². The molecule has 1 aliphatic rings. The lowest BCUT2D eigenvalue weighted by Gasteiger charge is -2.17. The molecule has 1 saturated heterocycles. The summed E-state index contributed by atoms with van der Waals surface area (Å²) in [7, 11) is 0. The Labute approximate surface area is 149 Å². The number of halogens is 1. The molecule has 26 heavy (non-hydrogen) atoms. The highest BCUT2D eigenvalue weighted by molar-refractivity contribution is 5.98. The lowest BCUT2D eigenvalue weighted by atomic mass is 10.2. The van der Waals surface area contributed by atoms with E-state index in [-0.39, 0.29) is 18.9 Å². The molecule has 134 valence electrons. The fourth-order valence-electron chi connectivity index (χ4n) is 2.77. The van der Waals surface area contributed by atoms with Crippen molar-refractivity contribution in [3.8, 4) is 0 Å². The molecule has 4 amide bonds. The number of amides is 4. The van der Waals surface area contributed by atoms with E-state index in [1.165, 1.54) is 35.2 Å². The van der Waals surface area contributed by atoms with E-state index in [4.69, 9.17) is 5.73 Å². The van der Waals surface area contributed by atoms with Crippen LogP contribution in [-0.4, -0.2) is 30.4 Å². The third-order valence-corrected chi connectivity index (χ3v) is 4.01. The number of nitrogens with one attached hydrogen (secondary N) is 2. The molecule has 7 nitrogen and oxygen atoms in total. The summed E-state index contributed by atoms with van der Waals surface area (Å²) < 4.78 is 13.3. The van der Waals surface area contributed by atoms with Crippen molar-refractivity contribution in [2.75, 3.05) is 16.8 Å². The second kappa shape index (κ2) is 7.22. The van der Waals surface area contributed by atoms with Crippen LogP contribution in [0, 0.1) is 5.82 Å². The minimum atomic E-state index is -0.553. The van der Waals surface area contributed by atoms with Crippen LogP contribution in [0.3, 0.4) is 0 Å². The number of benzene rings is 2. The summed E-state index contributed by atoms with van der Waals surface area (Å²) in [5.41, 5.74) is 6.44. The lowest BCUT2D eigenvalue weighted by Crippen LogP contribution is -2.39. The Morgan fingerprint density at radius 1 is 1.15 bits per heavy atom. The van der Waals surface area contributed by atoms with Crippen LogP contribution in [0.1, 0.15) is 16.8 Å². The molecule has 1 aliphatic heterocycles. The zero-order valence-electron chi connectivity index (χ0n) is 13.7. The van der Waals surface area contributed by atoms with Crippen LogP contribution < -0.4 is 21.3 Å². The minimum absolute atomic E-state index is 0.130. The number of hydrogen-bond acceptors (Lipinski definition) is 3. The predicted molar refractivity (Wildman–Crippen MR) is 94.3 cm³/mol. The number of nitrogens with zero attached hydrogens (tertiary/aromatic N) is 1. The van der Waals surface area contributed by atoms with Crippen LogP contribution >= 0.6 is 0 Å². The van der Waals surface area contributed by atoms with Crippen LogP contribution in [0.5, 0.6) is 0 Å². The molecule has 4 N–H and O–H groups in total. The molecule has 3 rings (SSSR count). The first-order valence-corrected chi connectivity index (χ1v) is 7.95. The number of nitrogens with two attached hydrogens (primary N) is 1. The Morgan fingerprint density at radius 3 is 2.54 bits per heavy atom. The molecule has 0 aliphatic carbocycles. The van der Waals surface area contributed by atoms with E-state index in [0.29, 0.717) is 16.9 Å². The number of rotatable bonds is 4. The number of hydrogen-bond donors (Lipinski definition) is 3. The van der Waals surface area contributed by atoms with E-state index < -0.39 is 23.8 Å². The molecule has 0 unspecified atom stereocenters. The van der Waals surface area contributed by atoms with Crippen LogP contribution in [0.15, 0.2) is 48.5 Å². The van der Waals surface area contributed by atoms with Crippen molar-refractivity contribution in [3.63, 3.8) is 0 Å². The molecule has 0 aromatic heterocycles. The molecule has 0 bridgehead atoms. The number of primary amides is 1. The third kappa shape index (κ3) is 3.97. The highest BCUT2D eigenvalue weighted by Crippen LogP contribution is 2.22. The van der Waals surface area contributed by atoms with Crippen LogP contribution in [0.25, 0.3) is 0 Å². The summed E-state index contributed by atoms with van der Waals surface area (Å²) in [5, 5.41) is 5.33. The zero-order valence-corrected chi connectivity index (χ0v) is 13.7. The minimum Gasteiger partial charge on any atom is -0.366 e. The van der Waals surface area contributed by atoms with E-state index in [0.717, 1.165) is 0 Å². The van der Waals surface area contributed by atoms with Gasteiger partial charge in [0.05, 0.1) is 6.04 Å². The molecule has 1 heterocycles. The van der Waals surface area contributed by atoms with E-state index in [1.54, 1.807) is 18.2 Å². The summed E-state index contributed by atoms with van der Waals surface area (Å²) in [6, 6.07) is 11.0. The van der Waals surface area contributed by atoms with Gasteiger partial charge >= 0.3 is 6.03 Å². The third-order valence-electron chi connectivity index (χ3n) is 4.01. The molecular formula is C18H17FN4O3. The highest BCUT2D eigenvalue weighted by Gasteiger charge is 2.31. The average Bonchev–Trinajstić information content (AvgIpc) is 2.95. The molecular weight excluding hydrogens is 339 g/mol. The predicted octanol–water partition coefficient (Wildman–Crippen LogP) is 1.85. The highest BCUT2D eigenvalue weighted by atomic mass is 19.1. The van der Waals surface area contributed by atoms with Gasteiger partial charge in [0.1, 0.15) is 5.82 Å². The number of carbonyl (C=O) groups excluding carboxylic acids is 3. The van der Waals surface area contributed by atoms with Gasteiger partial charge in [-0.15, -0.1) is 0 Å². The van der Waals surface area contributed by atoms with Gasteiger partial charge in [0, 0.05) is 29.9 Å². The zero-order chi connectivity index (χ0) is 18.7. The van der Waals surface area contributed by atoms with Gasteiger partial charge in [-0.25, -0.2) is 9.18 Å². The first kappa shape index (κ1) is 17.4. The van der Waals surface area contributed by atoms with Crippen molar-refractivity contribution in [2.45, 2.75) is 12.5 Å². The van der Waals surface area contributed by atoms with Gasteiger partial charge in [-0.3, -0.25) is 9.59 Å². The number of urea groups is 1. The van der Waals surface area contributed by atoms with Gasteiger partial charge in [0.25, 0.3) is 0 Å². The smallest absolute Gasteiger partial charge is 0.319 e. The van der Waals surface area contributed by atoms with E-state index >= 15 is 0 Å². The monoisotopic (exact) mass is 356 g/mol. The first-order valence-electron chi connectivity index (χ1n) is 7.95. The van der Waals surface area contributed by atoms with Crippen molar-refractivity contribution < 1.29 is 18.8 Å². The fourth-order valence-corrected chi connectivity index (χ4v) is 2.77. The molecule has 0 spiro atoms. The Bertz CT molecular complexity index is 854. The van der Waals surface area contributed by atoms with E-state index in [2.05, 4.69) is 10.6 Å². The first-order chi connectivity index (χ1) is 12.4. The van der Waals surface area contributed by atoms with Crippen LogP contribution in [0.2, 0.25) is 0 Å². The average molecular weight is 356 g/mol. The maximum absolute atomic E-state index is 13.3. The molecule has 1 fully saturated rings. The fraction of sp³-hybridized carbons (Fsp3) is 0.167. The molecule has 0 radical (unpaired) electrons. The van der Waals surface area contributed by atoms with E-state index in [9.17, 15) is 18.8 Å². The SMILES string of the molecule is NC(=O)c1ccc(NC(=O)N[C@H]2CC(=O)N(c3cccc(F)c3)C2)cc1. The Balaban J connectivity index is 1.58. The van der Waals surface area contributed by atoms with Gasteiger partial charge in [-0.1, -0.05) is 6.07 Å². The quantitative estimate of drug-likeness (QED) is 0.779. The van der Waals surface area contributed by atoms with Gasteiger partial charge in [0.2, 0.25) is 11.8 Å². The second-order valence-corrected chi connectivity index (χ2v) is 5.93. The summed E-state index contributed by atoms with van der Waals surface area (Å²) in [6.45, 7) is 0.260. The molecule has 2 aromatic carbocycles. The van der Waals surface area contributed by atoms with Gasteiger partial charge in [0.15, 0.2) is 0 Å². The summed E-state index contributed by atoms with van der Waals surface area (Å²) in [5.74, 6) is -1.17. The molecule has 8 heteroatoms. The van der Waals surface area contributed by atoms with E-state index in [1.807, 2.05) is 0 Å². The summed E-state index contributed by atoms with van der Waals surface area (Å²) in [6.07, 6.45) is 0.130. The number of anilines is 2. The summed E-state index contributed by atoms with van der Waals surface area (Å²) in [4.78, 5) is 36.7. The topological polar surface area (TPSA) is 105 Å². The largest absolute Gasteiger partial charge is 0.366 e. The van der Waals surface area contributed by atoms with Crippen molar-refractivity contribution in [2.24, 2.45) is 5.73 Å². The normalized spacial score (nSPS) is 16.4. The van der Waals surface area contributed by atoms with Crippen molar-refractivity contribution >= 4 is 29.2 Å². The van der Waals surface area contributed by atoms with Crippen LogP contribution in [-0.2, 0) is 4.79 Å². The summed E-state index contributed by atoms with van der Waals surface area (Å²) >= 11 is 0. The molecule has 1 atom stereocenters. The standard InChI is InChI=1S/C18H17FN4O3/c19-12-2-1-3-15(8-12)23-10-14(9-16(23)24)22-18(26)21-13-6-4-11(5-7-13)17(20)25/h1-8,14H,9-10H2,(H2,20,25)(H2,21,22,26)/t14-/m0/s1. The molecule has 0 saturated carbocycles.